The summed E-state index contributed by atoms with van der Waals surface area (Å²) in [7, 11) is 0. The van der Waals surface area contributed by atoms with E-state index in [1.54, 1.807) is 6.07 Å². The highest BCUT2D eigenvalue weighted by Crippen LogP contribution is 2.13. The molecular formula is C18H18FNO4. The van der Waals surface area contributed by atoms with Gasteiger partial charge in [0.25, 0.3) is 0 Å². The maximum atomic E-state index is 13.6. The van der Waals surface area contributed by atoms with Crippen molar-refractivity contribution in [2.24, 2.45) is 5.92 Å². The largest absolute Gasteiger partial charge is 0.481 e. The fourth-order valence-electron chi connectivity index (χ4n) is 2.16. The number of carboxylic acid groups (broad SMARTS) is 1. The van der Waals surface area contributed by atoms with E-state index in [-0.39, 0.29) is 19.6 Å². The van der Waals surface area contributed by atoms with Gasteiger partial charge in [0.1, 0.15) is 12.4 Å². The summed E-state index contributed by atoms with van der Waals surface area (Å²) >= 11 is 0. The van der Waals surface area contributed by atoms with Gasteiger partial charge in [0.2, 0.25) is 0 Å². The molecule has 0 aliphatic carbocycles. The summed E-state index contributed by atoms with van der Waals surface area (Å²) in [4.78, 5) is 23.0. The van der Waals surface area contributed by atoms with Crippen LogP contribution in [0.15, 0.2) is 54.6 Å². The molecule has 2 rings (SSSR count). The molecule has 0 bridgehead atoms. The van der Waals surface area contributed by atoms with E-state index in [9.17, 15) is 19.1 Å². The van der Waals surface area contributed by atoms with Crippen molar-refractivity contribution in [1.29, 1.82) is 0 Å². The Morgan fingerprint density at radius 3 is 2.42 bits per heavy atom. The van der Waals surface area contributed by atoms with Crippen LogP contribution in [0.5, 0.6) is 0 Å². The summed E-state index contributed by atoms with van der Waals surface area (Å²) < 4.78 is 18.6. The summed E-state index contributed by atoms with van der Waals surface area (Å²) in [6.45, 7) is -0.0466. The van der Waals surface area contributed by atoms with Gasteiger partial charge in [-0.3, -0.25) is 4.79 Å². The Bertz CT molecular complexity index is 690. The second-order valence-electron chi connectivity index (χ2n) is 5.27. The van der Waals surface area contributed by atoms with E-state index in [0.717, 1.165) is 5.56 Å². The summed E-state index contributed by atoms with van der Waals surface area (Å²) in [5.41, 5.74) is 1.12. The van der Waals surface area contributed by atoms with Crippen LogP contribution < -0.4 is 5.32 Å². The summed E-state index contributed by atoms with van der Waals surface area (Å²) in [5.74, 6) is -2.51. The number of rotatable bonds is 7. The molecule has 6 heteroatoms. The molecule has 0 unspecified atom stereocenters. The van der Waals surface area contributed by atoms with Gasteiger partial charge in [0.15, 0.2) is 0 Å². The van der Waals surface area contributed by atoms with E-state index < -0.39 is 23.8 Å². The first-order chi connectivity index (χ1) is 11.6. The summed E-state index contributed by atoms with van der Waals surface area (Å²) in [6.07, 6.45) is -0.723. The number of halogens is 1. The second-order valence-corrected chi connectivity index (χ2v) is 5.27. The van der Waals surface area contributed by atoms with E-state index in [1.807, 2.05) is 30.3 Å². The molecule has 2 aromatic rings. The van der Waals surface area contributed by atoms with Crippen LogP contribution in [0.3, 0.4) is 0 Å². The van der Waals surface area contributed by atoms with E-state index in [4.69, 9.17) is 4.74 Å². The topological polar surface area (TPSA) is 75.6 Å². The zero-order valence-electron chi connectivity index (χ0n) is 12.9. The third-order valence-corrected chi connectivity index (χ3v) is 3.48. The Labute approximate surface area is 139 Å². The minimum Gasteiger partial charge on any atom is -0.481 e. The Kier molecular flexibility index (Phi) is 6.31. The molecule has 0 saturated carbocycles. The smallest absolute Gasteiger partial charge is 0.407 e. The lowest BCUT2D eigenvalue weighted by molar-refractivity contribution is -0.141. The van der Waals surface area contributed by atoms with Crippen molar-refractivity contribution >= 4 is 12.1 Å². The van der Waals surface area contributed by atoms with Gasteiger partial charge in [-0.25, -0.2) is 9.18 Å². The molecule has 0 aliphatic rings. The molecule has 0 spiro atoms. The van der Waals surface area contributed by atoms with Gasteiger partial charge in [-0.1, -0.05) is 48.5 Å². The highest BCUT2D eigenvalue weighted by molar-refractivity contribution is 5.72. The lowest BCUT2D eigenvalue weighted by atomic mass is 9.99. The van der Waals surface area contributed by atoms with Crippen LogP contribution in [-0.2, 0) is 22.6 Å². The summed E-state index contributed by atoms with van der Waals surface area (Å²) in [6, 6.07) is 15.1. The average molecular weight is 331 g/mol. The van der Waals surface area contributed by atoms with Crippen LogP contribution >= 0.6 is 0 Å². The number of alkyl carbamates (subject to hydrolysis) is 1. The zero-order valence-corrected chi connectivity index (χ0v) is 12.9. The van der Waals surface area contributed by atoms with Crippen molar-refractivity contribution in [2.45, 2.75) is 13.0 Å². The van der Waals surface area contributed by atoms with Crippen molar-refractivity contribution in [3.05, 3.63) is 71.5 Å². The monoisotopic (exact) mass is 331 g/mol. The molecule has 0 saturated heterocycles. The highest BCUT2D eigenvalue weighted by atomic mass is 19.1. The Hall–Kier alpha value is -2.89. The second kappa shape index (κ2) is 8.67. The highest BCUT2D eigenvalue weighted by Gasteiger charge is 2.20. The first-order valence-corrected chi connectivity index (χ1v) is 7.47. The van der Waals surface area contributed by atoms with Crippen LogP contribution in [0.4, 0.5) is 9.18 Å². The minimum atomic E-state index is -1.11. The quantitative estimate of drug-likeness (QED) is 0.818. The molecule has 24 heavy (non-hydrogen) atoms. The van der Waals surface area contributed by atoms with Gasteiger partial charge in [0, 0.05) is 6.54 Å². The lowest BCUT2D eigenvalue weighted by Crippen LogP contribution is -2.34. The molecule has 0 aromatic heterocycles. The maximum Gasteiger partial charge on any atom is 0.407 e. The lowest BCUT2D eigenvalue weighted by Gasteiger charge is -2.14. The van der Waals surface area contributed by atoms with Crippen LogP contribution in [0.1, 0.15) is 11.1 Å². The first-order valence-electron chi connectivity index (χ1n) is 7.47. The van der Waals surface area contributed by atoms with Crippen LogP contribution in [0.25, 0.3) is 0 Å². The van der Waals surface area contributed by atoms with E-state index in [1.165, 1.54) is 18.2 Å². The molecule has 0 aliphatic heterocycles. The molecule has 126 valence electrons. The fraction of sp³-hybridized carbons (Fsp3) is 0.222. The fourth-order valence-corrected chi connectivity index (χ4v) is 2.16. The predicted octanol–water partition coefficient (Wildman–Crippen LogP) is 3.00. The van der Waals surface area contributed by atoms with E-state index in [0.29, 0.717) is 5.56 Å². The number of nitrogens with one attached hydrogen (secondary N) is 1. The van der Waals surface area contributed by atoms with Gasteiger partial charge in [-0.2, -0.15) is 0 Å². The molecule has 0 radical (unpaired) electrons. The minimum absolute atomic E-state index is 0.0129. The predicted molar refractivity (Wildman–Crippen MR) is 85.9 cm³/mol. The van der Waals surface area contributed by atoms with Crippen molar-refractivity contribution in [3.63, 3.8) is 0 Å². The van der Waals surface area contributed by atoms with Crippen molar-refractivity contribution in [3.8, 4) is 0 Å². The number of ether oxygens (including phenoxy) is 1. The van der Waals surface area contributed by atoms with Crippen LogP contribution in [0, 0.1) is 11.7 Å². The zero-order chi connectivity index (χ0) is 17.4. The molecule has 5 nitrogen and oxygen atoms in total. The SMILES string of the molecule is O=C(NC[C@H](Cc1ccccc1F)C(=O)O)OCc1ccccc1. The molecule has 1 atom stereocenters. The van der Waals surface area contributed by atoms with Gasteiger partial charge < -0.3 is 15.2 Å². The Morgan fingerprint density at radius 1 is 1.08 bits per heavy atom. The average Bonchev–Trinajstić information content (AvgIpc) is 2.59. The maximum absolute atomic E-state index is 13.6. The molecule has 1 amide bonds. The third kappa shape index (κ3) is 5.39. The Balaban J connectivity index is 1.84. The molecule has 2 N–H and O–H groups in total. The number of benzene rings is 2. The molecular weight excluding hydrogens is 313 g/mol. The van der Waals surface area contributed by atoms with Gasteiger partial charge in [-0.05, 0) is 23.6 Å². The van der Waals surface area contributed by atoms with Gasteiger partial charge >= 0.3 is 12.1 Å². The number of hydrogen-bond acceptors (Lipinski definition) is 3. The standard InChI is InChI=1S/C18H18FNO4/c19-16-9-5-4-8-14(16)10-15(17(21)22)11-20-18(23)24-12-13-6-2-1-3-7-13/h1-9,15H,10-12H2,(H,20,23)(H,21,22)/t15-/m0/s1. The number of carboxylic acids is 1. The normalized spacial score (nSPS) is 11.5. The third-order valence-electron chi connectivity index (χ3n) is 3.48. The first kappa shape index (κ1) is 17.5. The number of hydrogen-bond donors (Lipinski definition) is 2. The Morgan fingerprint density at radius 2 is 1.75 bits per heavy atom. The van der Waals surface area contributed by atoms with Crippen LogP contribution in [-0.4, -0.2) is 23.7 Å². The molecule has 0 fully saturated rings. The molecule has 0 heterocycles. The van der Waals surface area contributed by atoms with Gasteiger partial charge in [0.05, 0.1) is 5.92 Å². The molecule has 2 aromatic carbocycles. The number of amides is 1. The van der Waals surface area contributed by atoms with Crippen LogP contribution in [0.2, 0.25) is 0 Å². The number of aliphatic carboxylic acids is 1. The van der Waals surface area contributed by atoms with Crippen molar-refractivity contribution in [2.75, 3.05) is 6.54 Å². The van der Waals surface area contributed by atoms with Crippen molar-refractivity contribution in [1.82, 2.24) is 5.32 Å². The number of carbonyl (C=O) groups is 2. The van der Waals surface area contributed by atoms with E-state index >= 15 is 0 Å². The summed E-state index contributed by atoms with van der Waals surface area (Å²) in [5, 5.41) is 11.6. The van der Waals surface area contributed by atoms with Crippen molar-refractivity contribution < 1.29 is 23.8 Å². The number of carbonyl (C=O) groups excluding carboxylic acids is 1. The van der Waals surface area contributed by atoms with Gasteiger partial charge in [-0.15, -0.1) is 0 Å². The van der Waals surface area contributed by atoms with E-state index in [2.05, 4.69) is 5.32 Å².